The molecule has 8 heteroatoms. The van der Waals surface area contributed by atoms with Gasteiger partial charge in [-0.25, -0.2) is 0 Å². The van der Waals surface area contributed by atoms with E-state index >= 15 is 0 Å². The van der Waals surface area contributed by atoms with E-state index in [1.807, 2.05) is 0 Å². The lowest BCUT2D eigenvalue weighted by atomic mass is 10.1. The molecule has 0 fully saturated rings. The van der Waals surface area contributed by atoms with Gasteiger partial charge < -0.3 is 5.32 Å². The summed E-state index contributed by atoms with van der Waals surface area (Å²) in [5.74, 6) is -0.142. The molecule has 0 bridgehead atoms. The minimum Gasteiger partial charge on any atom is -0.350 e. The lowest BCUT2D eigenvalue weighted by Gasteiger charge is -2.11. The highest BCUT2D eigenvalue weighted by Crippen LogP contribution is 2.36. The van der Waals surface area contributed by atoms with Crippen LogP contribution in [-0.4, -0.2) is 10.7 Å². The molecule has 0 spiro atoms. The maximum Gasteiger partial charge on any atom is 0.416 e. The SMILES string of the molecule is CC(=O)c1ccc(Nc2ccc(C(F)(F)F)cc2[N+](=O)[O-])cc1. The Kier molecular flexibility index (Phi) is 4.35. The van der Waals surface area contributed by atoms with Crippen molar-refractivity contribution in [2.75, 3.05) is 5.32 Å². The summed E-state index contributed by atoms with van der Waals surface area (Å²) in [5.41, 5.74) is -0.981. The number of anilines is 2. The largest absolute Gasteiger partial charge is 0.416 e. The van der Waals surface area contributed by atoms with Crippen LogP contribution in [0.25, 0.3) is 0 Å². The number of halogens is 3. The molecule has 1 N–H and O–H groups in total. The quantitative estimate of drug-likeness (QED) is 0.508. The van der Waals surface area contributed by atoms with Gasteiger partial charge in [0, 0.05) is 17.3 Å². The van der Waals surface area contributed by atoms with Crippen LogP contribution in [0, 0.1) is 10.1 Å². The molecule has 23 heavy (non-hydrogen) atoms. The highest BCUT2D eigenvalue weighted by molar-refractivity contribution is 5.94. The zero-order valence-corrected chi connectivity index (χ0v) is 11.8. The number of rotatable bonds is 4. The Labute approximate surface area is 128 Å². The fourth-order valence-electron chi connectivity index (χ4n) is 1.91. The van der Waals surface area contributed by atoms with E-state index in [0.29, 0.717) is 17.3 Å². The zero-order valence-electron chi connectivity index (χ0n) is 11.8. The highest BCUT2D eigenvalue weighted by atomic mass is 19.4. The van der Waals surface area contributed by atoms with Crippen molar-refractivity contribution in [3.05, 3.63) is 63.7 Å². The van der Waals surface area contributed by atoms with Gasteiger partial charge in [0.05, 0.1) is 10.5 Å². The molecule has 5 nitrogen and oxygen atoms in total. The van der Waals surface area contributed by atoms with Crippen LogP contribution in [0.1, 0.15) is 22.8 Å². The van der Waals surface area contributed by atoms with Crippen molar-refractivity contribution >= 4 is 22.8 Å². The molecule has 0 aromatic heterocycles. The first-order valence-electron chi connectivity index (χ1n) is 6.42. The molecule has 2 aromatic carbocycles. The van der Waals surface area contributed by atoms with Gasteiger partial charge in [-0.05, 0) is 43.3 Å². The first kappa shape index (κ1) is 16.5. The summed E-state index contributed by atoms with van der Waals surface area (Å²) >= 11 is 0. The summed E-state index contributed by atoms with van der Waals surface area (Å²) in [5, 5.41) is 13.7. The van der Waals surface area contributed by atoms with Gasteiger partial charge in [-0.1, -0.05) is 0 Å². The van der Waals surface area contributed by atoms with Crippen molar-refractivity contribution in [3.8, 4) is 0 Å². The van der Waals surface area contributed by atoms with Gasteiger partial charge in [0.1, 0.15) is 5.69 Å². The predicted octanol–water partition coefficient (Wildman–Crippen LogP) is 4.56. The van der Waals surface area contributed by atoms with E-state index in [1.165, 1.54) is 31.2 Å². The van der Waals surface area contributed by atoms with Gasteiger partial charge in [-0.3, -0.25) is 14.9 Å². The fraction of sp³-hybridized carbons (Fsp3) is 0.133. The Morgan fingerprint density at radius 1 is 1.13 bits per heavy atom. The van der Waals surface area contributed by atoms with Crippen molar-refractivity contribution in [2.45, 2.75) is 13.1 Å². The minimum atomic E-state index is -4.66. The molecular formula is C15H11F3N2O3. The second-order valence-corrected chi connectivity index (χ2v) is 4.75. The van der Waals surface area contributed by atoms with Crippen LogP contribution in [0.3, 0.4) is 0 Å². The average Bonchev–Trinajstić information content (AvgIpc) is 2.46. The smallest absolute Gasteiger partial charge is 0.350 e. The number of carbonyl (C=O) groups excluding carboxylic acids is 1. The van der Waals surface area contributed by atoms with Crippen LogP contribution >= 0.6 is 0 Å². The third kappa shape index (κ3) is 3.85. The Morgan fingerprint density at radius 2 is 1.74 bits per heavy atom. The Morgan fingerprint density at radius 3 is 2.22 bits per heavy atom. The van der Waals surface area contributed by atoms with Crippen LogP contribution in [0.5, 0.6) is 0 Å². The molecule has 0 saturated heterocycles. The van der Waals surface area contributed by atoms with E-state index < -0.39 is 22.4 Å². The molecule has 2 aromatic rings. The molecule has 0 radical (unpaired) electrons. The number of nitro groups is 1. The molecule has 0 heterocycles. The molecule has 0 saturated carbocycles. The number of Topliss-reactive ketones (excluding diaryl/α,β-unsaturated/α-hetero) is 1. The molecule has 2 rings (SSSR count). The zero-order chi connectivity index (χ0) is 17.2. The van der Waals surface area contributed by atoms with Gasteiger partial charge in [0.2, 0.25) is 0 Å². The van der Waals surface area contributed by atoms with Crippen molar-refractivity contribution in [1.29, 1.82) is 0 Å². The summed E-state index contributed by atoms with van der Waals surface area (Å²) < 4.78 is 37.9. The number of benzene rings is 2. The molecule has 0 aliphatic rings. The van der Waals surface area contributed by atoms with E-state index in [4.69, 9.17) is 0 Å². The Balaban J connectivity index is 2.35. The van der Waals surface area contributed by atoms with Crippen molar-refractivity contribution in [1.82, 2.24) is 0 Å². The summed E-state index contributed by atoms with van der Waals surface area (Å²) in [7, 11) is 0. The van der Waals surface area contributed by atoms with Gasteiger partial charge >= 0.3 is 6.18 Å². The van der Waals surface area contributed by atoms with E-state index in [0.717, 1.165) is 12.1 Å². The average molecular weight is 324 g/mol. The Hall–Kier alpha value is -2.90. The van der Waals surface area contributed by atoms with Crippen LogP contribution in [0.15, 0.2) is 42.5 Å². The summed E-state index contributed by atoms with van der Waals surface area (Å²) in [6.07, 6.45) is -4.66. The first-order valence-corrected chi connectivity index (χ1v) is 6.42. The number of alkyl halides is 3. The van der Waals surface area contributed by atoms with E-state index in [9.17, 15) is 28.1 Å². The van der Waals surface area contributed by atoms with Gasteiger partial charge in [-0.2, -0.15) is 13.2 Å². The number of nitrogens with one attached hydrogen (secondary N) is 1. The molecule has 0 aliphatic heterocycles. The van der Waals surface area contributed by atoms with E-state index in [2.05, 4.69) is 5.32 Å². The standard InChI is InChI=1S/C15H11F3N2O3/c1-9(21)10-2-5-12(6-3-10)19-13-7-4-11(15(16,17)18)8-14(13)20(22)23/h2-8,19H,1H3. The molecule has 0 atom stereocenters. The number of nitrogens with zero attached hydrogens (tertiary/aromatic N) is 1. The minimum absolute atomic E-state index is 0.0708. The normalized spacial score (nSPS) is 11.1. The topological polar surface area (TPSA) is 72.2 Å². The predicted molar refractivity (Wildman–Crippen MR) is 77.8 cm³/mol. The molecular weight excluding hydrogens is 313 g/mol. The van der Waals surface area contributed by atoms with Crippen molar-refractivity contribution in [3.63, 3.8) is 0 Å². The molecule has 120 valence electrons. The maximum atomic E-state index is 12.6. The number of carbonyl (C=O) groups is 1. The van der Waals surface area contributed by atoms with Gasteiger partial charge in [0.25, 0.3) is 5.69 Å². The molecule has 0 unspecified atom stereocenters. The Bertz CT molecular complexity index is 756. The monoisotopic (exact) mass is 324 g/mol. The molecule has 0 amide bonds. The lowest BCUT2D eigenvalue weighted by Crippen LogP contribution is -2.06. The highest BCUT2D eigenvalue weighted by Gasteiger charge is 2.33. The van der Waals surface area contributed by atoms with Crippen molar-refractivity contribution in [2.24, 2.45) is 0 Å². The summed E-state index contributed by atoms with van der Waals surface area (Å²) in [6.45, 7) is 1.39. The first-order chi connectivity index (χ1) is 10.7. The third-order valence-electron chi connectivity index (χ3n) is 3.09. The maximum absolute atomic E-state index is 12.6. The van der Waals surface area contributed by atoms with E-state index in [-0.39, 0.29) is 11.5 Å². The van der Waals surface area contributed by atoms with Crippen LogP contribution < -0.4 is 5.32 Å². The number of nitro benzene ring substituents is 1. The van der Waals surface area contributed by atoms with E-state index in [1.54, 1.807) is 0 Å². The molecule has 0 aliphatic carbocycles. The number of hydrogen-bond donors (Lipinski definition) is 1. The van der Waals surface area contributed by atoms with Gasteiger partial charge in [0.15, 0.2) is 5.78 Å². The second kappa shape index (κ2) is 6.07. The van der Waals surface area contributed by atoms with Crippen LogP contribution in [0.4, 0.5) is 30.2 Å². The summed E-state index contributed by atoms with van der Waals surface area (Å²) in [4.78, 5) is 21.3. The lowest BCUT2D eigenvalue weighted by molar-refractivity contribution is -0.384. The van der Waals surface area contributed by atoms with Gasteiger partial charge in [-0.15, -0.1) is 0 Å². The fourth-order valence-corrected chi connectivity index (χ4v) is 1.91. The number of ketones is 1. The van der Waals surface area contributed by atoms with Crippen LogP contribution in [0.2, 0.25) is 0 Å². The summed E-state index contributed by atoms with van der Waals surface area (Å²) in [6, 6.07) is 8.29. The van der Waals surface area contributed by atoms with Crippen LogP contribution in [-0.2, 0) is 6.18 Å². The van der Waals surface area contributed by atoms with Crippen molar-refractivity contribution < 1.29 is 22.9 Å². The third-order valence-corrected chi connectivity index (χ3v) is 3.09. The second-order valence-electron chi connectivity index (χ2n) is 4.75. The number of hydrogen-bond acceptors (Lipinski definition) is 4.